The third kappa shape index (κ3) is 6.87. The van der Waals surface area contributed by atoms with Crippen LogP contribution in [0.25, 0.3) is 10.9 Å². The number of nitrogens with zero attached hydrogens (tertiary/aromatic N) is 2. The van der Waals surface area contributed by atoms with Crippen LogP contribution in [0.3, 0.4) is 0 Å². The number of carbonyl (C=O) groups excluding carboxylic acids is 1. The number of benzene rings is 2. The van der Waals surface area contributed by atoms with Gasteiger partial charge in [0.25, 0.3) is 11.5 Å². The molecule has 0 aliphatic rings. The average molecular weight is 463 g/mol. The topological polar surface area (TPSA) is 78.1 Å². The van der Waals surface area contributed by atoms with Crippen LogP contribution in [-0.4, -0.2) is 39.5 Å². The molecule has 172 valence electrons. The van der Waals surface area contributed by atoms with E-state index < -0.39 is 0 Å². The number of amides is 1. The minimum absolute atomic E-state index is 0.0869. The van der Waals surface area contributed by atoms with Crippen molar-refractivity contribution in [3.63, 3.8) is 0 Å². The first-order valence-electron chi connectivity index (χ1n) is 10.9. The van der Waals surface area contributed by atoms with E-state index in [1.54, 1.807) is 6.92 Å². The van der Waals surface area contributed by atoms with Crippen LogP contribution in [0.1, 0.15) is 42.5 Å². The van der Waals surface area contributed by atoms with Gasteiger partial charge in [0, 0.05) is 34.8 Å². The molecule has 0 unspecified atom stereocenters. The molecular formula is C26H30N4O2S. The number of fused-ring (bicyclic) bond motifs is 1. The van der Waals surface area contributed by atoms with Crippen molar-refractivity contribution in [3.8, 4) is 12.3 Å². The van der Waals surface area contributed by atoms with Gasteiger partial charge in [0.15, 0.2) is 0 Å². The van der Waals surface area contributed by atoms with Crippen molar-refractivity contribution in [1.29, 1.82) is 0 Å². The Morgan fingerprint density at radius 1 is 1.21 bits per heavy atom. The first-order valence-corrected chi connectivity index (χ1v) is 11.8. The van der Waals surface area contributed by atoms with Crippen LogP contribution in [-0.2, 0) is 6.54 Å². The number of thioether (sulfide) groups is 1. The summed E-state index contributed by atoms with van der Waals surface area (Å²) in [5.41, 5.74) is 2.98. The summed E-state index contributed by atoms with van der Waals surface area (Å²) >= 11 is 1.82. The van der Waals surface area contributed by atoms with Crippen LogP contribution in [0, 0.1) is 19.3 Å². The second kappa shape index (κ2) is 10.6. The average Bonchev–Trinajstić information content (AvgIpc) is 2.76. The second-order valence-corrected chi connectivity index (χ2v) is 10.7. The molecule has 0 fully saturated rings. The number of anilines is 1. The summed E-state index contributed by atoms with van der Waals surface area (Å²) in [4.78, 5) is 33.9. The lowest BCUT2D eigenvalue weighted by Gasteiger charge is -2.23. The van der Waals surface area contributed by atoms with Gasteiger partial charge in [-0.15, -0.1) is 6.42 Å². The lowest BCUT2D eigenvalue weighted by Crippen LogP contribution is -2.27. The van der Waals surface area contributed by atoms with E-state index in [2.05, 4.69) is 42.0 Å². The highest BCUT2D eigenvalue weighted by Crippen LogP contribution is 2.22. The number of nitrogens with one attached hydrogen (secondary N) is 2. The van der Waals surface area contributed by atoms with Gasteiger partial charge < -0.3 is 15.2 Å². The van der Waals surface area contributed by atoms with Gasteiger partial charge in [0.2, 0.25) is 0 Å². The molecular weight excluding hydrogens is 432 g/mol. The van der Waals surface area contributed by atoms with E-state index in [0.29, 0.717) is 41.9 Å². The maximum Gasteiger partial charge on any atom is 0.258 e. The van der Waals surface area contributed by atoms with E-state index in [1.165, 1.54) is 0 Å². The molecule has 33 heavy (non-hydrogen) atoms. The normalized spacial score (nSPS) is 11.2. The lowest BCUT2D eigenvalue weighted by molar-refractivity contribution is 0.0956. The zero-order valence-electron chi connectivity index (χ0n) is 19.6. The Balaban J connectivity index is 1.70. The van der Waals surface area contributed by atoms with E-state index in [4.69, 9.17) is 6.42 Å². The van der Waals surface area contributed by atoms with Crippen molar-refractivity contribution in [2.24, 2.45) is 0 Å². The van der Waals surface area contributed by atoms with Gasteiger partial charge in [0.05, 0.1) is 17.4 Å². The molecule has 0 aliphatic carbocycles. The molecule has 0 spiro atoms. The highest BCUT2D eigenvalue weighted by atomic mass is 32.2. The minimum Gasteiger partial charge on any atom is -0.356 e. The predicted octanol–water partition coefficient (Wildman–Crippen LogP) is 4.13. The quantitative estimate of drug-likeness (QED) is 0.389. The van der Waals surface area contributed by atoms with Crippen molar-refractivity contribution in [3.05, 3.63) is 69.8 Å². The SMILES string of the molecule is C#CCN(Cc1ccc2nc(C)[nH]c(=O)c2c1)c1ccc(C(=O)NCCSC(C)(C)C)cc1. The minimum atomic E-state index is -0.154. The molecule has 0 saturated carbocycles. The molecule has 2 aromatic carbocycles. The smallest absolute Gasteiger partial charge is 0.258 e. The second-order valence-electron chi connectivity index (χ2n) is 8.83. The van der Waals surface area contributed by atoms with E-state index >= 15 is 0 Å². The molecule has 6 nitrogen and oxygen atoms in total. The summed E-state index contributed by atoms with van der Waals surface area (Å²) in [5, 5.41) is 3.52. The summed E-state index contributed by atoms with van der Waals surface area (Å²) in [7, 11) is 0. The number of rotatable bonds is 8. The Kier molecular flexibility index (Phi) is 7.83. The Hall–Kier alpha value is -3.24. The number of H-pyrrole nitrogens is 1. The molecule has 0 atom stereocenters. The number of carbonyl (C=O) groups is 1. The summed E-state index contributed by atoms with van der Waals surface area (Å²) in [5.74, 6) is 4.06. The molecule has 0 radical (unpaired) electrons. The third-order valence-electron chi connectivity index (χ3n) is 4.96. The van der Waals surface area contributed by atoms with Crippen molar-refractivity contribution in [2.75, 3.05) is 23.7 Å². The molecule has 0 aliphatic heterocycles. The number of aromatic amines is 1. The van der Waals surface area contributed by atoms with Gasteiger partial charge in [-0.3, -0.25) is 9.59 Å². The van der Waals surface area contributed by atoms with Crippen molar-refractivity contribution >= 4 is 34.3 Å². The molecule has 1 heterocycles. The zero-order valence-corrected chi connectivity index (χ0v) is 20.4. The maximum atomic E-state index is 12.4. The van der Waals surface area contributed by atoms with Crippen LogP contribution in [0.4, 0.5) is 5.69 Å². The molecule has 1 amide bonds. The molecule has 0 bridgehead atoms. The fourth-order valence-electron chi connectivity index (χ4n) is 3.42. The fourth-order valence-corrected chi connectivity index (χ4v) is 4.23. The van der Waals surface area contributed by atoms with E-state index in [1.807, 2.05) is 59.1 Å². The fraction of sp³-hybridized carbons (Fsp3) is 0.346. The first-order chi connectivity index (χ1) is 15.7. The maximum absolute atomic E-state index is 12.4. The largest absolute Gasteiger partial charge is 0.356 e. The Labute approximate surface area is 199 Å². The highest BCUT2D eigenvalue weighted by Gasteiger charge is 2.12. The number of hydrogen-bond acceptors (Lipinski definition) is 5. The first kappa shape index (κ1) is 24.4. The Morgan fingerprint density at radius 2 is 1.94 bits per heavy atom. The zero-order chi connectivity index (χ0) is 24.0. The van der Waals surface area contributed by atoms with Crippen LogP contribution < -0.4 is 15.8 Å². The van der Waals surface area contributed by atoms with Gasteiger partial charge in [-0.2, -0.15) is 11.8 Å². The third-order valence-corrected chi connectivity index (χ3v) is 6.24. The summed E-state index contributed by atoms with van der Waals surface area (Å²) in [6.07, 6.45) is 5.61. The van der Waals surface area contributed by atoms with Crippen molar-refractivity contribution in [2.45, 2.75) is 39.0 Å². The molecule has 3 aromatic rings. The molecule has 0 saturated heterocycles. The molecule has 3 rings (SSSR count). The van der Waals surface area contributed by atoms with E-state index in [0.717, 1.165) is 17.0 Å². The van der Waals surface area contributed by atoms with Gasteiger partial charge in [0.1, 0.15) is 5.82 Å². The van der Waals surface area contributed by atoms with Crippen molar-refractivity contribution in [1.82, 2.24) is 15.3 Å². The lowest BCUT2D eigenvalue weighted by atomic mass is 10.1. The Morgan fingerprint density at radius 3 is 2.61 bits per heavy atom. The predicted molar refractivity (Wildman–Crippen MR) is 138 cm³/mol. The highest BCUT2D eigenvalue weighted by molar-refractivity contribution is 8.00. The van der Waals surface area contributed by atoms with Gasteiger partial charge in [-0.05, 0) is 48.9 Å². The van der Waals surface area contributed by atoms with Crippen molar-refractivity contribution < 1.29 is 4.79 Å². The number of aryl methyl sites for hydroxylation is 1. The molecule has 2 N–H and O–H groups in total. The number of hydrogen-bond donors (Lipinski definition) is 2. The van der Waals surface area contributed by atoms with Crippen LogP contribution in [0.5, 0.6) is 0 Å². The van der Waals surface area contributed by atoms with Crippen LogP contribution in [0.15, 0.2) is 47.3 Å². The van der Waals surface area contributed by atoms with Crippen LogP contribution in [0.2, 0.25) is 0 Å². The van der Waals surface area contributed by atoms with Gasteiger partial charge in [-0.25, -0.2) is 4.98 Å². The van der Waals surface area contributed by atoms with E-state index in [9.17, 15) is 9.59 Å². The van der Waals surface area contributed by atoms with Gasteiger partial charge in [-0.1, -0.05) is 32.8 Å². The summed E-state index contributed by atoms with van der Waals surface area (Å²) in [6.45, 7) is 9.80. The summed E-state index contributed by atoms with van der Waals surface area (Å²) in [6, 6.07) is 13.1. The Bertz CT molecular complexity index is 1220. The number of terminal acetylenes is 1. The van der Waals surface area contributed by atoms with Crippen LogP contribution >= 0.6 is 11.8 Å². The standard InChI is InChI=1S/C26H30N4O2S/c1-6-14-30(17-19-7-12-23-22(16-19)25(32)29-18(2)28-23)21-10-8-20(9-11-21)24(31)27-13-15-33-26(3,4)5/h1,7-12,16H,13-15,17H2,2-5H3,(H,27,31)(H,28,29,32). The van der Waals surface area contributed by atoms with Gasteiger partial charge >= 0.3 is 0 Å². The molecule has 1 aromatic heterocycles. The molecule has 7 heteroatoms. The van der Waals surface area contributed by atoms with E-state index in [-0.39, 0.29) is 16.2 Å². The summed E-state index contributed by atoms with van der Waals surface area (Å²) < 4.78 is 0.181. The number of aromatic nitrogens is 2. The monoisotopic (exact) mass is 462 g/mol.